The lowest BCUT2D eigenvalue weighted by atomic mass is 10.2. The number of nitrogens with zero attached hydrogens (tertiary/aromatic N) is 1. The van der Waals surface area contributed by atoms with E-state index in [0.29, 0.717) is 15.1 Å². The molecule has 3 rings (SSSR count). The van der Waals surface area contributed by atoms with Gasteiger partial charge in [-0.05, 0) is 53.7 Å². The van der Waals surface area contributed by atoms with Crippen LogP contribution in [0.2, 0.25) is 5.02 Å². The van der Waals surface area contributed by atoms with E-state index in [1.54, 1.807) is 12.1 Å². The number of amidine groups is 1. The van der Waals surface area contributed by atoms with E-state index in [9.17, 15) is 4.79 Å². The van der Waals surface area contributed by atoms with E-state index in [2.05, 4.69) is 26.2 Å². The molecule has 0 aromatic heterocycles. The molecule has 0 atom stereocenters. The highest BCUT2D eigenvalue weighted by atomic mass is 79.9. The fourth-order valence-corrected chi connectivity index (χ4v) is 3.21. The highest BCUT2D eigenvalue weighted by molar-refractivity contribution is 9.10. The van der Waals surface area contributed by atoms with Crippen LogP contribution in [0.15, 0.2) is 62.9 Å². The predicted molar refractivity (Wildman–Crippen MR) is 96.4 cm³/mol. The largest absolute Gasteiger partial charge is 0.300 e. The van der Waals surface area contributed by atoms with Gasteiger partial charge in [-0.25, -0.2) is 4.99 Å². The van der Waals surface area contributed by atoms with Crippen LogP contribution in [0.5, 0.6) is 0 Å². The van der Waals surface area contributed by atoms with Crippen molar-refractivity contribution in [3.8, 4) is 0 Å². The molecule has 1 amide bonds. The summed E-state index contributed by atoms with van der Waals surface area (Å²) in [6, 6.07) is 14.9. The zero-order valence-corrected chi connectivity index (χ0v) is 14.4. The van der Waals surface area contributed by atoms with Crippen molar-refractivity contribution < 1.29 is 4.79 Å². The van der Waals surface area contributed by atoms with Gasteiger partial charge in [0.1, 0.15) is 0 Å². The molecule has 1 heterocycles. The summed E-state index contributed by atoms with van der Waals surface area (Å²) in [5.74, 6) is -0.145. The van der Waals surface area contributed by atoms with E-state index < -0.39 is 0 Å². The number of hydrogen-bond acceptors (Lipinski definition) is 3. The van der Waals surface area contributed by atoms with Gasteiger partial charge in [0.25, 0.3) is 5.91 Å². The number of benzene rings is 2. The van der Waals surface area contributed by atoms with Crippen LogP contribution in [0.3, 0.4) is 0 Å². The average molecular weight is 394 g/mol. The van der Waals surface area contributed by atoms with Gasteiger partial charge in [0.15, 0.2) is 5.17 Å². The zero-order chi connectivity index (χ0) is 15.5. The Bertz CT molecular complexity index is 787. The number of carbonyl (C=O) groups is 1. The molecule has 3 nitrogen and oxygen atoms in total. The fraction of sp³-hybridized carbons (Fsp3) is 0. The molecule has 0 saturated carbocycles. The molecule has 0 radical (unpaired) electrons. The van der Waals surface area contributed by atoms with Crippen molar-refractivity contribution in [3.63, 3.8) is 0 Å². The van der Waals surface area contributed by atoms with E-state index in [0.717, 1.165) is 15.7 Å². The topological polar surface area (TPSA) is 41.5 Å². The van der Waals surface area contributed by atoms with Crippen molar-refractivity contribution in [1.82, 2.24) is 5.32 Å². The molecule has 110 valence electrons. The molecule has 0 bridgehead atoms. The summed E-state index contributed by atoms with van der Waals surface area (Å²) in [6.45, 7) is 0. The Morgan fingerprint density at radius 2 is 1.95 bits per heavy atom. The molecule has 6 heteroatoms. The van der Waals surface area contributed by atoms with E-state index >= 15 is 0 Å². The summed E-state index contributed by atoms with van der Waals surface area (Å²) < 4.78 is 0.945. The molecular weight excluding hydrogens is 384 g/mol. The summed E-state index contributed by atoms with van der Waals surface area (Å²) >= 11 is 10.6. The molecule has 22 heavy (non-hydrogen) atoms. The highest BCUT2D eigenvalue weighted by Crippen LogP contribution is 2.29. The van der Waals surface area contributed by atoms with E-state index in [-0.39, 0.29) is 5.91 Å². The second kappa shape index (κ2) is 6.69. The number of rotatable bonds is 2. The lowest BCUT2D eigenvalue weighted by Gasteiger charge is -1.97. The third-order valence-corrected chi connectivity index (χ3v) is 4.51. The Kier molecular flexibility index (Phi) is 4.66. The smallest absolute Gasteiger partial charge is 0.264 e. The number of thioether (sulfide) groups is 1. The minimum absolute atomic E-state index is 0.145. The summed E-state index contributed by atoms with van der Waals surface area (Å²) in [6.07, 6.45) is 1.82. The van der Waals surface area contributed by atoms with Gasteiger partial charge in [-0.2, -0.15) is 0 Å². The molecule has 2 aromatic rings. The summed E-state index contributed by atoms with van der Waals surface area (Å²) in [5.41, 5.74) is 1.70. The van der Waals surface area contributed by atoms with Gasteiger partial charge in [0.2, 0.25) is 0 Å². The number of aliphatic imine (C=N–C) groups is 1. The van der Waals surface area contributed by atoms with Crippen molar-refractivity contribution in [2.24, 2.45) is 4.99 Å². The van der Waals surface area contributed by atoms with Crippen molar-refractivity contribution in [2.45, 2.75) is 0 Å². The van der Waals surface area contributed by atoms with Gasteiger partial charge in [0, 0.05) is 9.50 Å². The number of nitrogens with one attached hydrogen (secondary N) is 1. The Labute approximate surface area is 145 Å². The third kappa shape index (κ3) is 3.80. The number of amides is 1. The number of hydrogen-bond donors (Lipinski definition) is 1. The van der Waals surface area contributed by atoms with Crippen molar-refractivity contribution in [3.05, 3.63) is 68.5 Å². The van der Waals surface area contributed by atoms with Crippen molar-refractivity contribution >= 4 is 62.1 Å². The van der Waals surface area contributed by atoms with Crippen molar-refractivity contribution in [2.75, 3.05) is 0 Å². The van der Waals surface area contributed by atoms with Crippen molar-refractivity contribution in [1.29, 1.82) is 0 Å². The minimum atomic E-state index is -0.145. The van der Waals surface area contributed by atoms with Gasteiger partial charge >= 0.3 is 0 Å². The summed E-state index contributed by atoms with van der Waals surface area (Å²) in [7, 11) is 0. The Morgan fingerprint density at radius 1 is 1.18 bits per heavy atom. The standard InChI is InChI=1S/C16H10BrClN2OS/c17-11-2-1-3-13(9-11)19-16-20-15(21)14(22-16)8-10-4-6-12(18)7-5-10/h1-9H,(H,19,20,21)/b14-8-. The average Bonchev–Trinajstić information content (AvgIpc) is 2.81. The van der Waals surface area contributed by atoms with Gasteiger partial charge in [-0.15, -0.1) is 0 Å². The normalized spacial score (nSPS) is 18.0. The predicted octanol–water partition coefficient (Wildman–Crippen LogP) is 4.99. The quantitative estimate of drug-likeness (QED) is 0.730. The second-order valence-electron chi connectivity index (χ2n) is 4.51. The first-order valence-electron chi connectivity index (χ1n) is 6.41. The maximum Gasteiger partial charge on any atom is 0.264 e. The number of carbonyl (C=O) groups excluding carboxylic acids is 1. The minimum Gasteiger partial charge on any atom is -0.300 e. The van der Waals surface area contributed by atoms with Gasteiger partial charge < -0.3 is 5.32 Å². The summed E-state index contributed by atoms with van der Waals surface area (Å²) in [4.78, 5) is 17.0. The van der Waals surface area contributed by atoms with Crippen LogP contribution in [0.1, 0.15) is 5.56 Å². The van der Waals surface area contributed by atoms with Gasteiger partial charge in [0.05, 0.1) is 10.6 Å². The van der Waals surface area contributed by atoms with Crippen LogP contribution >= 0.6 is 39.3 Å². The monoisotopic (exact) mass is 392 g/mol. The highest BCUT2D eigenvalue weighted by Gasteiger charge is 2.23. The summed E-state index contributed by atoms with van der Waals surface area (Å²) in [5, 5.41) is 4.01. The fourth-order valence-electron chi connectivity index (χ4n) is 1.85. The van der Waals surface area contributed by atoms with E-state index in [1.807, 2.05) is 42.5 Å². The Balaban J connectivity index is 1.82. The van der Waals surface area contributed by atoms with Crippen LogP contribution in [0.4, 0.5) is 5.69 Å². The molecular formula is C16H10BrClN2OS. The maximum atomic E-state index is 12.0. The third-order valence-electron chi connectivity index (χ3n) is 2.86. The van der Waals surface area contributed by atoms with E-state index in [4.69, 9.17) is 11.6 Å². The molecule has 1 N–H and O–H groups in total. The first kappa shape index (κ1) is 15.3. The first-order chi connectivity index (χ1) is 10.6. The molecule has 0 spiro atoms. The van der Waals surface area contributed by atoms with Gasteiger partial charge in [-0.3, -0.25) is 4.79 Å². The lowest BCUT2D eigenvalue weighted by Crippen LogP contribution is -2.19. The molecule has 1 aliphatic heterocycles. The Hall–Kier alpha value is -1.56. The second-order valence-corrected chi connectivity index (χ2v) is 6.90. The molecule has 0 aliphatic carbocycles. The van der Waals surface area contributed by atoms with Crippen LogP contribution in [-0.4, -0.2) is 11.1 Å². The Morgan fingerprint density at radius 3 is 2.68 bits per heavy atom. The molecule has 0 unspecified atom stereocenters. The van der Waals surface area contributed by atoms with Crippen LogP contribution in [0.25, 0.3) is 6.08 Å². The molecule has 1 aliphatic rings. The van der Waals surface area contributed by atoms with Gasteiger partial charge in [-0.1, -0.05) is 45.7 Å². The zero-order valence-electron chi connectivity index (χ0n) is 11.2. The van der Waals surface area contributed by atoms with E-state index in [1.165, 1.54) is 11.8 Å². The SMILES string of the molecule is O=C1NC(=Nc2cccc(Br)c2)S/C1=C\c1ccc(Cl)cc1. The molecule has 1 saturated heterocycles. The lowest BCUT2D eigenvalue weighted by molar-refractivity contribution is -0.115. The first-order valence-corrected chi connectivity index (χ1v) is 8.40. The number of halogens is 2. The van der Waals surface area contributed by atoms with Crippen LogP contribution in [-0.2, 0) is 4.79 Å². The van der Waals surface area contributed by atoms with Crippen LogP contribution < -0.4 is 5.32 Å². The maximum absolute atomic E-state index is 12.0. The van der Waals surface area contributed by atoms with Crippen LogP contribution in [0, 0.1) is 0 Å². The molecule has 2 aromatic carbocycles. The molecule has 1 fully saturated rings.